The first-order chi connectivity index (χ1) is 12.7. The van der Waals surface area contributed by atoms with Crippen LogP contribution in [0.25, 0.3) is 0 Å². The van der Waals surface area contributed by atoms with Crippen LogP contribution in [-0.4, -0.2) is 64.1 Å². The van der Waals surface area contributed by atoms with E-state index >= 15 is 0 Å². The molecule has 5 heteroatoms. The fraction of sp³-hybridized carbons (Fsp3) is 0.727. The topological polar surface area (TPSA) is 56.7 Å². The first-order valence-corrected chi connectivity index (χ1v) is 10.3. The number of fused-ring (bicyclic) bond motifs is 1. The van der Waals surface area contributed by atoms with Crippen LogP contribution in [-0.2, 0) is 11.2 Å². The van der Waals surface area contributed by atoms with E-state index in [0.29, 0.717) is 18.5 Å². The second kappa shape index (κ2) is 7.88. The molecule has 5 nitrogen and oxygen atoms in total. The zero-order chi connectivity index (χ0) is 19.7. The molecule has 0 bridgehead atoms. The average molecular weight is 374 g/mol. The number of aliphatic hydroxyl groups is 1. The molecule has 1 saturated carbocycles. The van der Waals surface area contributed by atoms with Crippen LogP contribution >= 0.6 is 0 Å². The highest BCUT2D eigenvalue weighted by Crippen LogP contribution is 2.52. The van der Waals surface area contributed by atoms with Gasteiger partial charge in [0.05, 0.1) is 5.60 Å². The zero-order valence-electron chi connectivity index (χ0n) is 17.3. The second-order valence-corrected chi connectivity index (χ2v) is 9.11. The van der Waals surface area contributed by atoms with Gasteiger partial charge in [0.2, 0.25) is 5.91 Å². The third-order valence-corrected chi connectivity index (χ3v) is 7.34. The van der Waals surface area contributed by atoms with Gasteiger partial charge in [-0.3, -0.25) is 14.7 Å². The van der Waals surface area contributed by atoms with Gasteiger partial charge < -0.3 is 10.0 Å². The SMILES string of the molecule is CN(C[C@H]1C[C@]2(C)[C@@H](CCCC[C@]2(C)O)N1C)C(=O)CCc1cccnc1. The molecule has 3 rings (SSSR count). The van der Waals surface area contributed by atoms with Gasteiger partial charge >= 0.3 is 0 Å². The van der Waals surface area contributed by atoms with Crippen LogP contribution in [0, 0.1) is 5.41 Å². The van der Waals surface area contributed by atoms with Gasteiger partial charge in [0.15, 0.2) is 0 Å². The molecule has 150 valence electrons. The summed E-state index contributed by atoms with van der Waals surface area (Å²) in [7, 11) is 4.09. The molecule has 1 aromatic rings. The molecule has 2 heterocycles. The number of nitrogens with zero attached hydrogens (tertiary/aromatic N) is 3. The number of carbonyl (C=O) groups excluding carboxylic acids is 1. The van der Waals surface area contributed by atoms with Crippen molar-refractivity contribution in [1.82, 2.24) is 14.8 Å². The lowest BCUT2D eigenvalue weighted by Gasteiger charge is -2.43. The Labute approximate surface area is 163 Å². The van der Waals surface area contributed by atoms with Crippen molar-refractivity contribution < 1.29 is 9.90 Å². The Bertz CT molecular complexity index is 648. The molecule has 1 saturated heterocycles. The van der Waals surface area contributed by atoms with E-state index in [9.17, 15) is 9.90 Å². The highest BCUT2D eigenvalue weighted by atomic mass is 16.3. The smallest absolute Gasteiger partial charge is 0.222 e. The van der Waals surface area contributed by atoms with Crippen LogP contribution in [0.4, 0.5) is 0 Å². The molecule has 1 N–H and O–H groups in total. The maximum atomic E-state index is 12.6. The van der Waals surface area contributed by atoms with E-state index in [1.54, 1.807) is 6.20 Å². The molecule has 0 radical (unpaired) electrons. The Morgan fingerprint density at radius 2 is 2.19 bits per heavy atom. The van der Waals surface area contributed by atoms with Crippen LogP contribution in [0.15, 0.2) is 24.5 Å². The minimum atomic E-state index is -0.639. The molecule has 4 atom stereocenters. The number of hydrogen-bond donors (Lipinski definition) is 1. The fourth-order valence-electron chi connectivity index (χ4n) is 5.27. The third kappa shape index (κ3) is 4.04. The number of likely N-dealkylation sites (tertiary alicyclic amines) is 1. The van der Waals surface area contributed by atoms with Crippen molar-refractivity contribution >= 4 is 5.91 Å². The number of rotatable bonds is 5. The van der Waals surface area contributed by atoms with Crippen LogP contribution in [0.2, 0.25) is 0 Å². The highest BCUT2D eigenvalue weighted by molar-refractivity contribution is 5.76. The predicted molar refractivity (Wildman–Crippen MR) is 107 cm³/mol. The molecule has 2 aliphatic rings. The molecule has 1 aliphatic heterocycles. The maximum absolute atomic E-state index is 12.6. The minimum Gasteiger partial charge on any atom is -0.390 e. The summed E-state index contributed by atoms with van der Waals surface area (Å²) >= 11 is 0. The Hall–Kier alpha value is -1.46. The molecule has 27 heavy (non-hydrogen) atoms. The monoisotopic (exact) mass is 373 g/mol. The fourth-order valence-corrected chi connectivity index (χ4v) is 5.27. The highest BCUT2D eigenvalue weighted by Gasteiger charge is 2.57. The van der Waals surface area contributed by atoms with Crippen molar-refractivity contribution in [1.29, 1.82) is 0 Å². The lowest BCUT2D eigenvalue weighted by molar-refractivity contribution is -0.130. The average Bonchev–Trinajstić information content (AvgIpc) is 2.81. The summed E-state index contributed by atoms with van der Waals surface area (Å²) in [4.78, 5) is 21.1. The van der Waals surface area contributed by atoms with E-state index in [2.05, 4.69) is 23.9 Å². The van der Waals surface area contributed by atoms with E-state index in [0.717, 1.165) is 44.2 Å². The Balaban J connectivity index is 1.61. The van der Waals surface area contributed by atoms with Gasteiger partial charge in [-0.2, -0.15) is 0 Å². The number of amides is 1. The van der Waals surface area contributed by atoms with Crippen molar-refractivity contribution in [3.05, 3.63) is 30.1 Å². The second-order valence-electron chi connectivity index (χ2n) is 9.11. The molecule has 0 spiro atoms. The lowest BCUT2D eigenvalue weighted by Crippen LogP contribution is -2.50. The standard InChI is InChI=1S/C22H35N3O2/c1-21-14-18(25(4)19(21)9-5-6-12-22(21,2)27)16-24(3)20(26)11-10-17-8-7-13-23-15-17/h7-8,13,15,18-19,27H,5-6,9-12,14,16H2,1-4H3/t18-,19-,21-,22+/m1/s1. The van der Waals surface area contributed by atoms with Gasteiger partial charge in [0, 0.05) is 49.9 Å². The number of hydrogen-bond acceptors (Lipinski definition) is 4. The zero-order valence-corrected chi connectivity index (χ0v) is 17.3. The molecule has 2 fully saturated rings. The van der Waals surface area contributed by atoms with Gasteiger partial charge in [-0.15, -0.1) is 0 Å². The quantitative estimate of drug-likeness (QED) is 0.862. The molecule has 0 aromatic carbocycles. The lowest BCUT2D eigenvalue weighted by atomic mass is 9.67. The molecular formula is C22H35N3O2. The summed E-state index contributed by atoms with van der Waals surface area (Å²) in [5.41, 5.74) is 0.353. The van der Waals surface area contributed by atoms with Gasteiger partial charge in [0.25, 0.3) is 0 Å². The number of pyridine rings is 1. The van der Waals surface area contributed by atoms with E-state index < -0.39 is 5.60 Å². The van der Waals surface area contributed by atoms with Crippen molar-refractivity contribution in [3.63, 3.8) is 0 Å². The van der Waals surface area contributed by atoms with Crippen molar-refractivity contribution in [2.24, 2.45) is 5.41 Å². The summed E-state index contributed by atoms with van der Waals surface area (Å²) in [6.45, 7) is 5.00. The first kappa shape index (κ1) is 20.3. The number of aryl methyl sites for hydroxylation is 1. The van der Waals surface area contributed by atoms with Crippen molar-refractivity contribution in [3.8, 4) is 0 Å². The van der Waals surface area contributed by atoms with Gasteiger partial charge in [-0.05, 0) is 51.3 Å². The number of carbonyl (C=O) groups is 1. The summed E-state index contributed by atoms with van der Waals surface area (Å²) in [5.74, 6) is 0.177. The summed E-state index contributed by atoms with van der Waals surface area (Å²) in [6.07, 6.45) is 10.1. The Morgan fingerprint density at radius 1 is 1.41 bits per heavy atom. The van der Waals surface area contributed by atoms with Crippen molar-refractivity contribution in [2.45, 2.75) is 76.5 Å². The maximum Gasteiger partial charge on any atom is 0.222 e. The van der Waals surface area contributed by atoms with E-state index in [4.69, 9.17) is 0 Å². The van der Waals surface area contributed by atoms with Gasteiger partial charge in [-0.1, -0.05) is 25.8 Å². The van der Waals surface area contributed by atoms with Crippen LogP contribution in [0.5, 0.6) is 0 Å². The summed E-state index contributed by atoms with van der Waals surface area (Å²) in [5, 5.41) is 11.2. The third-order valence-electron chi connectivity index (χ3n) is 7.34. The Kier molecular flexibility index (Phi) is 5.92. The van der Waals surface area contributed by atoms with Crippen molar-refractivity contribution in [2.75, 3.05) is 20.6 Å². The van der Waals surface area contributed by atoms with E-state index in [1.165, 1.54) is 6.42 Å². The number of likely N-dealkylation sites (N-methyl/N-ethyl adjacent to an activating group) is 2. The molecule has 1 amide bonds. The van der Waals surface area contributed by atoms with E-state index in [1.807, 2.05) is 37.2 Å². The number of aromatic nitrogens is 1. The van der Waals surface area contributed by atoms with Crippen LogP contribution in [0.3, 0.4) is 0 Å². The molecule has 1 aromatic heterocycles. The molecule has 1 aliphatic carbocycles. The normalized spacial score (nSPS) is 34.1. The largest absolute Gasteiger partial charge is 0.390 e. The predicted octanol–water partition coefficient (Wildman–Crippen LogP) is 2.88. The minimum absolute atomic E-state index is 0.109. The summed E-state index contributed by atoms with van der Waals surface area (Å²) in [6, 6.07) is 4.62. The van der Waals surface area contributed by atoms with Crippen LogP contribution < -0.4 is 0 Å². The van der Waals surface area contributed by atoms with Gasteiger partial charge in [0.1, 0.15) is 0 Å². The molecular weight excluding hydrogens is 338 g/mol. The van der Waals surface area contributed by atoms with Gasteiger partial charge in [-0.25, -0.2) is 0 Å². The Morgan fingerprint density at radius 3 is 2.89 bits per heavy atom. The van der Waals surface area contributed by atoms with Crippen LogP contribution in [0.1, 0.15) is 57.9 Å². The van der Waals surface area contributed by atoms with E-state index in [-0.39, 0.29) is 11.3 Å². The summed E-state index contributed by atoms with van der Waals surface area (Å²) < 4.78 is 0. The first-order valence-electron chi connectivity index (χ1n) is 10.3. The molecule has 0 unspecified atom stereocenters.